The first-order valence-electron chi connectivity index (χ1n) is 18.4. The lowest BCUT2D eigenvalue weighted by Gasteiger charge is -2.44. The van der Waals surface area contributed by atoms with Crippen molar-refractivity contribution in [2.24, 2.45) is 33.7 Å². The van der Waals surface area contributed by atoms with Gasteiger partial charge in [-0.25, -0.2) is 19.6 Å². The largest absolute Gasteiger partial charge is 0.234 e. The van der Waals surface area contributed by atoms with E-state index in [9.17, 15) is 9.59 Å². The Kier molecular flexibility index (Phi) is 26.6. The molecule has 0 saturated heterocycles. The van der Waals surface area contributed by atoms with Crippen molar-refractivity contribution in [2.45, 2.75) is 187 Å². The number of nitrogens with zero attached hydrogens (tertiary/aromatic N) is 2. The molecule has 4 atom stereocenters. The molecule has 4 unspecified atom stereocenters. The number of isocyanates is 2. The fraction of sp³-hybridized carbons (Fsp3) is 0.946. The molecular formula is C37H68N2O2. The zero-order valence-electron chi connectivity index (χ0n) is 27.5. The smallest absolute Gasteiger partial charge is 0.211 e. The zero-order chi connectivity index (χ0) is 29.6. The summed E-state index contributed by atoms with van der Waals surface area (Å²) in [7, 11) is 0. The van der Waals surface area contributed by atoms with Gasteiger partial charge in [0, 0.05) is 0 Å². The topological polar surface area (TPSA) is 58.9 Å². The second kappa shape index (κ2) is 28.9. The van der Waals surface area contributed by atoms with Gasteiger partial charge >= 0.3 is 0 Å². The summed E-state index contributed by atoms with van der Waals surface area (Å²) in [6, 6.07) is 0. The lowest BCUT2D eigenvalue weighted by Crippen LogP contribution is -2.35. The average molecular weight is 573 g/mol. The summed E-state index contributed by atoms with van der Waals surface area (Å²) < 4.78 is 0. The van der Waals surface area contributed by atoms with Crippen LogP contribution in [-0.4, -0.2) is 25.2 Å². The van der Waals surface area contributed by atoms with Crippen LogP contribution in [0.25, 0.3) is 0 Å². The monoisotopic (exact) mass is 573 g/mol. The van der Waals surface area contributed by atoms with Crippen molar-refractivity contribution >= 4 is 12.2 Å². The molecule has 238 valence electrons. The molecule has 0 bridgehead atoms. The maximum absolute atomic E-state index is 10.2. The molecule has 1 fully saturated rings. The average Bonchev–Trinajstić information content (AvgIpc) is 2.98. The molecule has 1 aliphatic carbocycles. The third kappa shape index (κ3) is 20.3. The van der Waals surface area contributed by atoms with E-state index in [0.29, 0.717) is 13.1 Å². The van der Waals surface area contributed by atoms with Crippen molar-refractivity contribution in [3.05, 3.63) is 0 Å². The molecule has 4 heteroatoms. The number of unbranched alkanes of at least 4 members (excludes halogenated alkanes) is 17. The molecule has 0 spiro atoms. The third-order valence-electron chi connectivity index (χ3n) is 10.0. The minimum absolute atomic E-state index is 0.656. The Morgan fingerprint density at radius 3 is 1.17 bits per heavy atom. The van der Waals surface area contributed by atoms with Crippen LogP contribution in [0.1, 0.15) is 187 Å². The van der Waals surface area contributed by atoms with Gasteiger partial charge in [0.15, 0.2) is 0 Å². The summed E-state index contributed by atoms with van der Waals surface area (Å²) in [4.78, 5) is 27.7. The molecule has 0 N–H and O–H groups in total. The van der Waals surface area contributed by atoms with Crippen molar-refractivity contribution in [2.75, 3.05) is 13.1 Å². The van der Waals surface area contributed by atoms with Crippen LogP contribution in [0.2, 0.25) is 0 Å². The normalized spacial score (nSPS) is 20.4. The maximum Gasteiger partial charge on any atom is 0.234 e. The third-order valence-corrected chi connectivity index (χ3v) is 10.0. The van der Waals surface area contributed by atoms with Gasteiger partial charge in [-0.05, 0) is 62.2 Å². The number of rotatable bonds is 29. The van der Waals surface area contributed by atoms with E-state index in [1.165, 1.54) is 161 Å². The Bertz CT molecular complexity index is 668. The fourth-order valence-electron chi connectivity index (χ4n) is 7.66. The Morgan fingerprint density at radius 1 is 0.439 bits per heavy atom. The molecule has 0 aromatic rings. The van der Waals surface area contributed by atoms with Gasteiger partial charge in [-0.1, -0.05) is 149 Å². The second-order valence-electron chi connectivity index (χ2n) is 13.2. The van der Waals surface area contributed by atoms with E-state index in [4.69, 9.17) is 0 Å². The molecule has 0 aromatic carbocycles. The lowest BCUT2D eigenvalue weighted by atomic mass is 9.61. The predicted molar refractivity (Wildman–Crippen MR) is 176 cm³/mol. The Hall–Kier alpha value is -1.24. The number of carbonyl (C=O) groups excluding carboxylic acids is 2. The molecule has 41 heavy (non-hydrogen) atoms. The highest BCUT2D eigenvalue weighted by molar-refractivity contribution is 5.32. The van der Waals surface area contributed by atoms with E-state index < -0.39 is 0 Å². The highest BCUT2D eigenvalue weighted by atomic mass is 16.1. The van der Waals surface area contributed by atoms with E-state index in [1.807, 2.05) is 0 Å². The quantitative estimate of drug-likeness (QED) is 0.0508. The van der Waals surface area contributed by atoms with Gasteiger partial charge in [0.25, 0.3) is 0 Å². The van der Waals surface area contributed by atoms with E-state index in [0.717, 1.165) is 36.5 Å². The molecule has 0 aromatic heterocycles. The molecule has 1 rings (SSSR count). The van der Waals surface area contributed by atoms with E-state index in [2.05, 4.69) is 23.8 Å². The van der Waals surface area contributed by atoms with Gasteiger partial charge in [0.1, 0.15) is 0 Å². The fourth-order valence-corrected chi connectivity index (χ4v) is 7.66. The van der Waals surface area contributed by atoms with Gasteiger partial charge in [0.05, 0.1) is 13.1 Å². The van der Waals surface area contributed by atoms with Gasteiger partial charge in [-0.3, -0.25) is 0 Å². The standard InChI is InChI=1S/C37H68N2O2/c1-3-5-7-20-26-36-34(24-18-6-4-2)28-29-35(25-19-14-10-8-12-16-22-30-38-32-40)37(36)27-21-15-11-9-13-17-23-31-39-33-41/h34-37H,3-31H2,1-2H3. The minimum Gasteiger partial charge on any atom is -0.211 e. The van der Waals surface area contributed by atoms with Crippen LogP contribution in [0, 0.1) is 23.7 Å². The van der Waals surface area contributed by atoms with E-state index in [-0.39, 0.29) is 0 Å². The molecule has 4 nitrogen and oxygen atoms in total. The van der Waals surface area contributed by atoms with Gasteiger partial charge in [-0.15, -0.1) is 0 Å². The summed E-state index contributed by atoms with van der Waals surface area (Å²) in [6.45, 7) is 6.01. The van der Waals surface area contributed by atoms with Crippen molar-refractivity contribution in [3.8, 4) is 0 Å². The molecule has 0 heterocycles. The SMILES string of the molecule is CCCCCCC1C(CCCCC)CCC(CCCCCCCCCN=C=O)C1CCCCCCCCCN=C=O. The van der Waals surface area contributed by atoms with Crippen molar-refractivity contribution < 1.29 is 9.59 Å². The predicted octanol–water partition coefficient (Wildman–Crippen LogP) is 11.7. The Morgan fingerprint density at radius 2 is 0.756 bits per heavy atom. The van der Waals surface area contributed by atoms with E-state index in [1.54, 1.807) is 12.2 Å². The highest BCUT2D eigenvalue weighted by Crippen LogP contribution is 2.47. The molecule has 0 amide bonds. The first-order chi connectivity index (χ1) is 20.3. The van der Waals surface area contributed by atoms with Crippen LogP contribution >= 0.6 is 0 Å². The number of hydrogen-bond acceptors (Lipinski definition) is 4. The van der Waals surface area contributed by atoms with Crippen LogP contribution in [0.3, 0.4) is 0 Å². The van der Waals surface area contributed by atoms with Gasteiger partial charge < -0.3 is 0 Å². The Balaban J connectivity index is 2.58. The summed E-state index contributed by atoms with van der Waals surface area (Å²) in [5, 5.41) is 0. The molecular weight excluding hydrogens is 504 g/mol. The second-order valence-corrected chi connectivity index (χ2v) is 13.2. The molecule has 0 aliphatic heterocycles. The maximum atomic E-state index is 10.2. The van der Waals surface area contributed by atoms with Crippen LogP contribution in [0.15, 0.2) is 9.98 Å². The number of hydrogen-bond donors (Lipinski definition) is 0. The van der Waals surface area contributed by atoms with Gasteiger partial charge in [0.2, 0.25) is 12.2 Å². The van der Waals surface area contributed by atoms with Crippen molar-refractivity contribution in [1.29, 1.82) is 0 Å². The van der Waals surface area contributed by atoms with Crippen LogP contribution in [0.4, 0.5) is 0 Å². The van der Waals surface area contributed by atoms with Gasteiger partial charge in [-0.2, -0.15) is 0 Å². The first-order valence-corrected chi connectivity index (χ1v) is 18.4. The lowest BCUT2D eigenvalue weighted by molar-refractivity contribution is 0.0582. The molecule has 0 radical (unpaired) electrons. The van der Waals surface area contributed by atoms with E-state index >= 15 is 0 Å². The molecule has 1 aliphatic rings. The van der Waals surface area contributed by atoms with Crippen LogP contribution in [0.5, 0.6) is 0 Å². The van der Waals surface area contributed by atoms with Crippen LogP contribution in [-0.2, 0) is 9.59 Å². The summed E-state index contributed by atoms with van der Waals surface area (Å²) in [6.07, 6.45) is 40.2. The van der Waals surface area contributed by atoms with Crippen molar-refractivity contribution in [1.82, 2.24) is 0 Å². The zero-order valence-corrected chi connectivity index (χ0v) is 27.5. The highest BCUT2D eigenvalue weighted by Gasteiger charge is 2.37. The van der Waals surface area contributed by atoms with Crippen LogP contribution < -0.4 is 0 Å². The Labute approximate surface area is 255 Å². The number of aliphatic imine (C=N–C) groups is 2. The summed E-state index contributed by atoms with van der Waals surface area (Å²) in [5.74, 6) is 3.90. The molecule has 1 saturated carbocycles. The van der Waals surface area contributed by atoms with Crippen molar-refractivity contribution in [3.63, 3.8) is 0 Å². The summed E-state index contributed by atoms with van der Waals surface area (Å²) >= 11 is 0. The summed E-state index contributed by atoms with van der Waals surface area (Å²) in [5.41, 5.74) is 0. The minimum atomic E-state index is 0.656. The first kappa shape index (κ1) is 37.8.